The van der Waals surface area contributed by atoms with Gasteiger partial charge in [0.2, 0.25) is 5.95 Å². The quantitative estimate of drug-likeness (QED) is 0.344. The molecule has 1 aromatic carbocycles. The lowest BCUT2D eigenvalue weighted by atomic mass is 9.95. The van der Waals surface area contributed by atoms with Crippen molar-refractivity contribution in [3.63, 3.8) is 0 Å². The predicted molar refractivity (Wildman–Crippen MR) is 146 cm³/mol. The summed E-state index contributed by atoms with van der Waals surface area (Å²) in [5.41, 5.74) is 4.91. The monoisotopic (exact) mass is 527 g/mol. The van der Waals surface area contributed by atoms with E-state index >= 15 is 0 Å². The first-order chi connectivity index (χ1) is 18.9. The van der Waals surface area contributed by atoms with E-state index in [-0.39, 0.29) is 11.7 Å². The highest BCUT2D eigenvalue weighted by molar-refractivity contribution is 5.77. The Hall–Kier alpha value is -4.38. The summed E-state index contributed by atoms with van der Waals surface area (Å²) in [6.07, 6.45) is 10.6. The number of nitrogens with zero attached hydrogens (tertiary/aromatic N) is 9. The van der Waals surface area contributed by atoms with Gasteiger partial charge in [0.05, 0.1) is 18.8 Å². The highest BCUT2D eigenvalue weighted by Crippen LogP contribution is 2.28. The van der Waals surface area contributed by atoms with E-state index in [1.54, 1.807) is 36.3 Å². The van der Waals surface area contributed by atoms with Crippen LogP contribution < -0.4 is 9.80 Å². The van der Waals surface area contributed by atoms with Crippen LogP contribution in [0, 0.1) is 5.82 Å². The molecule has 10 nitrogen and oxygen atoms in total. The first-order valence-electron chi connectivity index (χ1n) is 13.1. The van der Waals surface area contributed by atoms with Gasteiger partial charge in [0, 0.05) is 68.0 Å². The third-order valence-corrected chi connectivity index (χ3v) is 7.19. The second-order valence-corrected chi connectivity index (χ2v) is 10.0. The molecule has 4 aromatic heterocycles. The maximum absolute atomic E-state index is 13.3. The molecule has 2 atom stereocenters. The van der Waals surface area contributed by atoms with Crippen molar-refractivity contribution in [1.82, 2.24) is 34.3 Å². The van der Waals surface area contributed by atoms with E-state index in [0.717, 1.165) is 59.8 Å². The van der Waals surface area contributed by atoms with Gasteiger partial charge in [-0.25, -0.2) is 23.9 Å². The first-order valence-corrected chi connectivity index (χ1v) is 13.1. The van der Waals surface area contributed by atoms with E-state index in [9.17, 15) is 9.50 Å². The minimum absolute atomic E-state index is 0.0798. The molecule has 1 aliphatic rings. The number of aliphatic hydroxyl groups excluding tert-OH is 1. The van der Waals surface area contributed by atoms with Gasteiger partial charge in [-0.15, -0.1) is 0 Å². The molecule has 0 saturated carbocycles. The number of piperazine rings is 1. The average Bonchev–Trinajstić information content (AvgIpc) is 3.60. The molecule has 200 valence electrons. The highest BCUT2D eigenvalue weighted by Gasteiger charge is 2.23. The molecule has 6 rings (SSSR count). The van der Waals surface area contributed by atoms with Gasteiger partial charge in [-0.2, -0.15) is 10.2 Å². The minimum Gasteiger partial charge on any atom is -0.391 e. The van der Waals surface area contributed by atoms with Crippen molar-refractivity contribution in [2.75, 3.05) is 36.0 Å². The number of hydrogen-bond acceptors (Lipinski definition) is 8. The zero-order valence-corrected chi connectivity index (χ0v) is 21.9. The van der Waals surface area contributed by atoms with E-state index in [0.29, 0.717) is 12.5 Å². The Morgan fingerprint density at radius 2 is 1.56 bits per heavy atom. The molecule has 1 unspecified atom stereocenters. The van der Waals surface area contributed by atoms with Crippen molar-refractivity contribution in [3.05, 3.63) is 84.6 Å². The number of fused-ring (bicyclic) bond motifs is 1. The predicted octanol–water partition coefficient (Wildman–Crippen LogP) is 3.38. The molecule has 0 radical (unpaired) electrons. The maximum Gasteiger partial charge on any atom is 0.225 e. The summed E-state index contributed by atoms with van der Waals surface area (Å²) in [7, 11) is 0. The van der Waals surface area contributed by atoms with Gasteiger partial charge in [-0.3, -0.25) is 4.68 Å². The number of aromatic nitrogens is 7. The molecule has 11 heteroatoms. The van der Waals surface area contributed by atoms with Crippen LogP contribution in [-0.2, 0) is 6.54 Å². The van der Waals surface area contributed by atoms with E-state index < -0.39 is 6.10 Å². The van der Waals surface area contributed by atoms with Gasteiger partial charge < -0.3 is 14.9 Å². The number of benzene rings is 1. The second kappa shape index (κ2) is 10.4. The Morgan fingerprint density at radius 1 is 0.846 bits per heavy atom. The van der Waals surface area contributed by atoms with Crippen LogP contribution in [0.4, 0.5) is 16.2 Å². The van der Waals surface area contributed by atoms with Crippen LogP contribution in [0.2, 0.25) is 0 Å². The summed E-state index contributed by atoms with van der Waals surface area (Å²) < 4.78 is 16.9. The van der Waals surface area contributed by atoms with Crippen molar-refractivity contribution >= 4 is 17.3 Å². The Kier molecular flexibility index (Phi) is 6.65. The topological polar surface area (TPSA) is 100 Å². The van der Waals surface area contributed by atoms with Crippen molar-refractivity contribution < 1.29 is 9.50 Å². The summed E-state index contributed by atoms with van der Waals surface area (Å²) in [5, 5.41) is 18.4. The van der Waals surface area contributed by atoms with Gasteiger partial charge >= 0.3 is 0 Å². The fourth-order valence-electron chi connectivity index (χ4n) is 4.98. The second-order valence-electron chi connectivity index (χ2n) is 10.0. The van der Waals surface area contributed by atoms with Crippen molar-refractivity contribution in [2.24, 2.45) is 0 Å². The van der Waals surface area contributed by atoms with E-state index in [1.165, 1.54) is 12.1 Å². The average molecular weight is 528 g/mol. The van der Waals surface area contributed by atoms with Crippen LogP contribution in [0.5, 0.6) is 0 Å². The number of anilines is 2. The Labute approximate surface area is 225 Å². The molecule has 1 aliphatic heterocycles. The maximum atomic E-state index is 13.3. The smallest absolute Gasteiger partial charge is 0.225 e. The number of aliphatic hydroxyl groups is 1. The van der Waals surface area contributed by atoms with Crippen molar-refractivity contribution in [1.29, 1.82) is 0 Å². The molecule has 0 aliphatic carbocycles. The molecule has 39 heavy (non-hydrogen) atoms. The third kappa shape index (κ3) is 5.17. The van der Waals surface area contributed by atoms with Crippen LogP contribution in [0.1, 0.15) is 30.9 Å². The number of hydrogen-bond donors (Lipinski definition) is 1. The van der Waals surface area contributed by atoms with Gasteiger partial charge in [0.1, 0.15) is 17.7 Å². The van der Waals surface area contributed by atoms with Crippen LogP contribution in [-0.4, -0.2) is 71.7 Å². The number of rotatable bonds is 7. The largest absolute Gasteiger partial charge is 0.391 e. The molecule has 1 fully saturated rings. The van der Waals surface area contributed by atoms with E-state index in [1.807, 2.05) is 29.3 Å². The van der Waals surface area contributed by atoms with Crippen molar-refractivity contribution in [3.8, 4) is 11.1 Å². The third-order valence-electron chi connectivity index (χ3n) is 7.19. The van der Waals surface area contributed by atoms with Crippen LogP contribution in [0.3, 0.4) is 0 Å². The van der Waals surface area contributed by atoms with Crippen LogP contribution in [0.25, 0.3) is 16.6 Å². The first kappa shape index (κ1) is 24.9. The van der Waals surface area contributed by atoms with Gasteiger partial charge in [0.25, 0.3) is 0 Å². The van der Waals surface area contributed by atoms with Crippen molar-refractivity contribution in [2.45, 2.75) is 32.4 Å². The summed E-state index contributed by atoms with van der Waals surface area (Å²) in [6.45, 7) is 7.34. The molecule has 5 heterocycles. The molecular weight excluding hydrogens is 497 g/mol. The Balaban J connectivity index is 1.14. The van der Waals surface area contributed by atoms with E-state index in [4.69, 9.17) is 0 Å². The standard InChI is InChI=1S/C28H30FN9O/c1-19(39)15-37-16-24(14-33-37)22-11-26-27(32-18-34-38(26)17-22)35-7-9-36(10-8-35)28-30-12-23(13-31-28)20(2)21-3-5-25(29)6-4-21/h3-6,11-14,16-20,39H,7-10,15H2,1-2H3/t19-,20?/m0/s1. The van der Waals surface area contributed by atoms with Gasteiger partial charge in [-0.05, 0) is 36.2 Å². The zero-order chi connectivity index (χ0) is 26.9. The summed E-state index contributed by atoms with van der Waals surface area (Å²) >= 11 is 0. The van der Waals surface area contributed by atoms with Crippen LogP contribution in [0.15, 0.2) is 67.6 Å². The Morgan fingerprint density at radius 3 is 2.28 bits per heavy atom. The lowest BCUT2D eigenvalue weighted by Gasteiger charge is -2.35. The lowest BCUT2D eigenvalue weighted by molar-refractivity contribution is 0.168. The highest BCUT2D eigenvalue weighted by atomic mass is 19.1. The van der Waals surface area contributed by atoms with Gasteiger partial charge in [-0.1, -0.05) is 19.1 Å². The molecule has 1 saturated heterocycles. The number of halogens is 1. The molecule has 1 N–H and O–H groups in total. The lowest BCUT2D eigenvalue weighted by Crippen LogP contribution is -2.47. The van der Waals surface area contributed by atoms with E-state index in [2.05, 4.69) is 47.9 Å². The fraction of sp³-hybridized carbons (Fsp3) is 0.321. The molecule has 0 bridgehead atoms. The molecule has 0 spiro atoms. The fourth-order valence-corrected chi connectivity index (χ4v) is 4.98. The molecule has 5 aromatic rings. The Bertz CT molecular complexity index is 1550. The minimum atomic E-state index is -0.463. The molecule has 0 amide bonds. The van der Waals surface area contributed by atoms with Gasteiger partial charge in [0.15, 0.2) is 5.82 Å². The molecular formula is C28H30FN9O. The summed E-state index contributed by atoms with van der Waals surface area (Å²) in [6, 6.07) is 8.64. The normalized spacial score (nSPS) is 15.6. The summed E-state index contributed by atoms with van der Waals surface area (Å²) in [5.74, 6) is 1.43. The van der Waals surface area contributed by atoms with Crippen LogP contribution >= 0.6 is 0 Å². The SMILES string of the molecule is CC(c1ccc(F)cc1)c1cnc(N2CCN(c3ncnn4cc(-c5cnn(C[C@H](C)O)c5)cc34)CC2)nc1. The summed E-state index contributed by atoms with van der Waals surface area (Å²) in [4.78, 5) is 18.3. The zero-order valence-electron chi connectivity index (χ0n) is 21.9.